The molecule has 8 heteroatoms. The van der Waals surface area contributed by atoms with E-state index in [1.807, 2.05) is 0 Å². The Hall–Kier alpha value is -2.64. The lowest BCUT2D eigenvalue weighted by Gasteiger charge is -2.32. The first kappa shape index (κ1) is 32.9. The van der Waals surface area contributed by atoms with Crippen molar-refractivity contribution in [2.24, 2.45) is 82.9 Å². The molecule has 0 aromatic heterocycles. The summed E-state index contributed by atoms with van der Waals surface area (Å²) in [6, 6.07) is 0. The van der Waals surface area contributed by atoms with Gasteiger partial charge in [-0.05, 0) is 155 Å². The van der Waals surface area contributed by atoms with Crippen LogP contribution in [0.5, 0.6) is 0 Å². The first-order valence-corrected chi connectivity index (χ1v) is 18.6. The lowest BCUT2D eigenvalue weighted by atomic mass is 9.76. The largest absolute Gasteiger partial charge is 0.465 e. The molecular formula is C39H54O8. The van der Waals surface area contributed by atoms with Crippen molar-refractivity contribution in [3.05, 3.63) is 24.8 Å². The second kappa shape index (κ2) is 13.7. The van der Waals surface area contributed by atoms with Crippen LogP contribution < -0.4 is 0 Å². The Morgan fingerprint density at radius 2 is 1.02 bits per heavy atom. The van der Waals surface area contributed by atoms with E-state index < -0.39 is 0 Å². The van der Waals surface area contributed by atoms with Gasteiger partial charge in [0.05, 0.1) is 38.3 Å². The molecule has 11 unspecified atom stereocenters. The van der Waals surface area contributed by atoms with E-state index in [1.54, 1.807) is 6.92 Å². The zero-order valence-corrected chi connectivity index (χ0v) is 28.2. The maximum atomic E-state index is 13.1. The van der Waals surface area contributed by atoms with Crippen molar-refractivity contribution in [3.63, 3.8) is 0 Å². The molecule has 0 aliphatic heterocycles. The van der Waals surface area contributed by atoms with Crippen LogP contribution >= 0.6 is 0 Å². The Morgan fingerprint density at radius 3 is 1.51 bits per heavy atom. The minimum atomic E-state index is -0.338. The van der Waals surface area contributed by atoms with Gasteiger partial charge in [0.25, 0.3) is 0 Å². The lowest BCUT2D eigenvalue weighted by molar-refractivity contribution is -0.157. The summed E-state index contributed by atoms with van der Waals surface area (Å²) in [6.45, 7) is 10.9. The molecule has 8 nitrogen and oxygen atoms in total. The molecule has 258 valence electrons. The molecule has 7 rings (SSSR count). The molecule has 0 amide bonds. The van der Waals surface area contributed by atoms with E-state index >= 15 is 0 Å². The fraction of sp³-hybridized carbons (Fsp3) is 0.795. The number of fused-ring (bicyclic) bond motifs is 10. The van der Waals surface area contributed by atoms with Crippen LogP contribution in [0.15, 0.2) is 24.8 Å². The van der Waals surface area contributed by atoms with E-state index in [9.17, 15) is 19.2 Å². The maximum Gasteiger partial charge on any atom is 0.333 e. The second-order valence-corrected chi connectivity index (χ2v) is 16.7. The number of hydrogen-bond acceptors (Lipinski definition) is 8. The zero-order valence-electron chi connectivity index (χ0n) is 28.2. The van der Waals surface area contributed by atoms with Gasteiger partial charge in [-0.15, -0.1) is 0 Å². The lowest BCUT2D eigenvalue weighted by Crippen LogP contribution is -2.32. The normalized spacial score (nSPS) is 42.4. The van der Waals surface area contributed by atoms with Crippen LogP contribution in [-0.2, 0) is 38.1 Å². The van der Waals surface area contributed by atoms with Gasteiger partial charge in [-0.25, -0.2) is 9.59 Å². The molecular weight excluding hydrogens is 596 g/mol. The van der Waals surface area contributed by atoms with Crippen molar-refractivity contribution >= 4 is 23.9 Å². The van der Waals surface area contributed by atoms with Crippen LogP contribution in [0.3, 0.4) is 0 Å². The molecule has 47 heavy (non-hydrogen) atoms. The van der Waals surface area contributed by atoms with Gasteiger partial charge in [-0.1, -0.05) is 13.2 Å². The van der Waals surface area contributed by atoms with Gasteiger partial charge in [0.15, 0.2) is 0 Å². The molecule has 12 atom stereocenters. The van der Waals surface area contributed by atoms with Crippen molar-refractivity contribution in [2.75, 3.05) is 26.4 Å². The van der Waals surface area contributed by atoms with Gasteiger partial charge < -0.3 is 18.9 Å². The van der Waals surface area contributed by atoms with Gasteiger partial charge in [0.1, 0.15) is 0 Å². The number of ether oxygens (including phenoxy) is 4. The van der Waals surface area contributed by atoms with Gasteiger partial charge in [0, 0.05) is 11.6 Å². The van der Waals surface area contributed by atoms with E-state index in [0.29, 0.717) is 117 Å². The van der Waals surface area contributed by atoms with Crippen molar-refractivity contribution in [2.45, 2.75) is 84.0 Å². The summed E-state index contributed by atoms with van der Waals surface area (Å²) in [7, 11) is 0. The number of hydrogen-bond donors (Lipinski definition) is 0. The molecule has 0 saturated heterocycles. The quantitative estimate of drug-likeness (QED) is 0.137. The van der Waals surface area contributed by atoms with Crippen LogP contribution in [0.4, 0.5) is 0 Å². The summed E-state index contributed by atoms with van der Waals surface area (Å²) in [5.74, 6) is 6.18. The van der Waals surface area contributed by atoms with E-state index in [2.05, 4.69) is 13.2 Å². The number of carbonyl (C=O) groups excluding carboxylic acids is 4. The molecule has 0 aromatic rings. The predicted octanol–water partition coefficient (Wildman–Crippen LogP) is 6.32. The Morgan fingerprint density at radius 1 is 0.574 bits per heavy atom. The minimum absolute atomic E-state index is 0.0865. The van der Waals surface area contributed by atoms with Crippen LogP contribution in [0.2, 0.25) is 0 Å². The average Bonchev–Trinajstić information content (AvgIpc) is 3.91. The maximum absolute atomic E-state index is 13.1. The summed E-state index contributed by atoms with van der Waals surface area (Å²) in [5.41, 5.74) is 0.456. The van der Waals surface area contributed by atoms with Crippen molar-refractivity contribution in [3.8, 4) is 0 Å². The Bertz CT molecular complexity index is 1250. The van der Waals surface area contributed by atoms with E-state index in [4.69, 9.17) is 18.9 Å². The topological polar surface area (TPSA) is 105 Å². The summed E-state index contributed by atoms with van der Waals surface area (Å²) in [4.78, 5) is 49.5. The Balaban J connectivity index is 0.787. The van der Waals surface area contributed by atoms with Crippen LogP contribution in [0, 0.1) is 82.9 Å². The fourth-order valence-electron chi connectivity index (χ4n) is 12.1. The van der Waals surface area contributed by atoms with Gasteiger partial charge in [-0.2, -0.15) is 0 Å². The minimum Gasteiger partial charge on any atom is -0.465 e. The first-order chi connectivity index (χ1) is 22.7. The summed E-state index contributed by atoms with van der Waals surface area (Å²) in [5, 5.41) is 0. The van der Waals surface area contributed by atoms with Crippen LogP contribution in [0.25, 0.3) is 0 Å². The summed E-state index contributed by atoms with van der Waals surface area (Å²) < 4.78 is 22.7. The van der Waals surface area contributed by atoms with E-state index in [1.165, 1.54) is 18.9 Å². The number of esters is 4. The monoisotopic (exact) mass is 650 g/mol. The standard InChI is InChI=1S/C39H54O8/c1-4-36(40)44-17-22-9-30-27-14-29(33(16-27)34(30)11-22)20-47-39(43)25-7-5-24(6-8-25)38(42)45-18-23-10-31-26-13-28(19-46-37(41)21(2)3)32(15-26)35(31)12-23/h4,22-35H,1-2,5-20H2,3H3/t22?,23?,24?,25?,26?,27?,28?,29?,30?,31?,32?,33-,34?,35?/m1/s1. The zero-order chi connectivity index (χ0) is 32.8. The third kappa shape index (κ3) is 6.68. The molecule has 7 fully saturated rings. The summed E-state index contributed by atoms with van der Waals surface area (Å²) >= 11 is 0. The molecule has 0 heterocycles. The molecule has 7 saturated carbocycles. The van der Waals surface area contributed by atoms with Crippen LogP contribution in [-0.4, -0.2) is 50.3 Å². The second-order valence-electron chi connectivity index (χ2n) is 16.7. The highest BCUT2D eigenvalue weighted by atomic mass is 16.5. The predicted molar refractivity (Wildman–Crippen MR) is 173 cm³/mol. The number of carbonyl (C=O) groups is 4. The fourth-order valence-corrected chi connectivity index (χ4v) is 12.1. The van der Waals surface area contributed by atoms with Crippen molar-refractivity contribution in [1.82, 2.24) is 0 Å². The molecule has 7 aliphatic carbocycles. The SMILES string of the molecule is C=CC(=O)OCC1CC2C3CC(COC(=O)C4CCC(C(=O)OCC5CC6C7CC(COC(=O)C(=C)C)C(C7)C6C5)CC4)[C@@H](C3)C2C1. The average molecular weight is 651 g/mol. The molecule has 0 spiro atoms. The molecule has 7 aliphatic rings. The Kier molecular flexibility index (Phi) is 9.59. The Labute approximate surface area is 279 Å². The van der Waals surface area contributed by atoms with Gasteiger partial charge in [-0.3, -0.25) is 9.59 Å². The molecule has 0 N–H and O–H groups in total. The van der Waals surface area contributed by atoms with Crippen molar-refractivity contribution < 1.29 is 38.1 Å². The highest BCUT2D eigenvalue weighted by Gasteiger charge is 2.57. The smallest absolute Gasteiger partial charge is 0.333 e. The molecule has 0 aromatic carbocycles. The highest BCUT2D eigenvalue weighted by molar-refractivity contribution is 5.86. The highest BCUT2D eigenvalue weighted by Crippen LogP contribution is 2.63. The third-order valence-corrected chi connectivity index (χ3v) is 14.1. The summed E-state index contributed by atoms with van der Waals surface area (Å²) in [6.07, 6.45) is 13.3. The van der Waals surface area contributed by atoms with Crippen molar-refractivity contribution in [1.29, 1.82) is 0 Å². The van der Waals surface area contributed by atoms with E-state index in [0.717, 1.165) is 50.4 Å². The van der Waals surface area contributed by atoms with Gasteiger partial charge in [0.2, 0.25) is 0 Å². The molecule has 4 bridgehead atoms. The van der Waals surface area contributed by atoms with Gasteiger partial charge >= 0.3 is 23.9 Å². The van der Waals surface area contributed by atoms with E-state index in [-0.39, 0.29) is 35.7 Å². The third-order valence-electron chi connectivity index (χ3n) is 14.1. The molecule has 0 radical (unpaired) electrons. The first-order valence-electron chi connectivity index (χ1n) is 18.6. The van der Waals surface area contributed by atoms with Crippen LogP contribution in [0.1, 0.15) is 84.0 Å². The number of rotatable bonds is 12.